The quantitative estimate of drug-likeness (QED) is 0.533. The predicted molar refractivity (Wildman–Crippen MR) is 110 cm³/mol. The number of hydrogen-bond donors (Lipinski definition) is 1. The van der Waals surface area contributed by atoms with Gasteiger partial charge in [-0.1, -0.05) is 18.2 Å². The van der Waals surface area contributed by atoms with Gasteiger partial charge in [0.05, 0.1) is 29.5 Å². The lowest BCUT2D eigenvalue weighted by Gasteiger charge is -2.23. The molecule has 0 saturated heterocycles. The molecule has 1 aliphatic heterocycles. The van der Waals surface area contributed by atoms with Crippen molar-refractivity contribution in [1.82, 2.24) is 10.3 Å². The van der Waals surface area contributed by atoms with Crippen LogP contribution < -0.4 is 5.32 Å². The van der Waals surface area contributed by atoms with Gasteiger partial charge in [0.1, 0.15) is 12.4 Å². The van der Waals surface area contributed by atoms with E-state index < -0.39 is 18.6 Å². The molecule has 0 atom stereocenters. The molecule has 1 amide bonds. The Balaban J connectivity index is 1.73. The minimum absolute atomic E-state index is 0.132. The molecule has 30 heavy (non-hydrogen) atoms. The SMILES string of the molecule is C=N/C=C(/c1csc(C(=O)NCC(F)(F)F)c1)N1CC=C(c2ccc(F)cc2)C=N1. The Morgan fingerprint density at radius 3 is 2.67 bits per heavy atom. The molecule has 0 radical (unpaired) electrons. The summed E-state index contributed by atoms with van der Waals surface area (Å²) < 4.78 is 50.0. The zero-order chi connectivity index (χ0) is 21.7. The Morgan fingerprint density at radius 2 is 2.07 bits per heavy atom. The van der Waals surface area contributed by atoms with Crippen molar-refractivity contribution in [2.75, 3.05) is 13.1 Å². The van der Waals surface area contributed by atoms with Gasteiger partial charge in [-0.25, -0.2) is 4.39 Å². The van der Waals surface area contributed by atoms with Crippen molar-refractivity contribution < 1.29 is 22.4 Å². The number of benzene rings is 1. The number of halogens is 4. The highest BCUT2D eigenvalue weighted by Gasteiger charge is 2.28. The number of rotatable bonds is 6. The third-order valence-electron chi connectivity index (χ3n) is 4.06. The van der Waals surface area contributed by atoms with Crippen molar-refractivity contribution in [3.05, 3.63) is 69.8 Å². The number of alkyl halides is 3. The smallest absolute Gasteiger partial charge is 0.342 e. The number of amides is 1. The van der Waals surface area contributed by atoms with E-state index in [4.69, 9.17) is 0 Å². The Hall–Kier alpha value is -3.27. The van der Waals surface area contributed by atoms with Gasteiger partial charge in [0, 0.05) is 10.9 Å². The monoisotopic (exact) mass is 436 g/mol. The first-order valence-electron chi connectivity index (χ1n) is 8.64. The molecule has 1 aromatic heterocycles. The summed E-state index contributed by atoms with van der Waals surface area (Å²) in [6, 6.07) is 7.49. The summed E-state index contributed by atoms with van der Waals surface area (Å²) in [6.07, 6.45) is 0.468. The molecular formula is C20H16F4N4OS. The Labute approximate surface area is 173 Å². The number of hydrazone groups is 1. The van der Waals surface area contributed by atoms with E-state index in [1.807, 2.05) is 11.4 Å². The lowest BCUT2D eigenvalue weighted by Crippen LogP contribution is -2.33. The minimum Gasteiger partial charge on any atom is -0.342 e. The molecule has 1 N–H and O–H groups in total. The van der Waals surface area contributed by atoms with Crippen molar-refractivity contribution in [3.63, 3.8) is 0 Å². The van der Waals surface area contributed by atoms with Gasteiger partial charge in [-0.3, -0.25) is 14.8 Å². The van der Waals surface area contributed by atoms with Gasteiger partial charge in [-0.05, 0) is 36.1 Å². The van der Waals surface area contributed by atoms with Crippen molar-refractivity contribution in [1.29, 1.82) is 0 Å². The summed E-state index contributed by atoms with van der Waals surface area (Å²) in [7, 11) is 0. The van der Waals surface area contributed by atoms with Gasteiger partial charge in [-0.2, -0.15) is 18.3 Å². The predicted octanol–water partition coefficient (Wildman–Crippen LogP) is 4.56. The molecule has 0 fully saturated rings. The highest BCUT2D eigenvalue weighted by molar-refractivity contribution is 7.12. The normalized spacial score (nSPS) is 14.5. The topological polar surface area (TPSA) is 57.1 Å². The maximum absolute atomic E-state index is 13.1. The number of thiophene rings is 1. The average molecular weight is 436 g/mol. The molecule has 0 unspecified atom stereocenters. The first-order valence-corrected chi connectivity index (χ1v) is 9.52. The van der Waals surface area contributed by atoms with Crippen LogP contribution >= 0.6 is 11.3 Å². The number of hydrogen-bond acceptors (Lipinski definition) is 5. The molecule has 5 nitrogen and oxygen atoms in total. The van der Waals surface area contributed by atoms with E-state index in [9.17, 15) is 22.4 Å². The maximum Gasteiger partial charge on any atom is 0.405 e. The molecule has 1 aliphatic rings. The van der Waals surface area contributed by atoms with E-state index in [-0.39, 0.29) is 10.7 Å². The van der Waals surface area contributed by atoms with Crippen LogP contribution in [0.2, 0.25) is 0 Å². The van der Waals surface area contributed by atoms with Gasteiger partial charge in [0.15, 0.2) is 0 Å². The van der Waals surface area contributed by atoms with Crippen molar-refractivity contribution in [2.45, 2.75) is 6.18 Å². The number of carbonyl (C=O) groups excluding carboxylic acids is 1. The van der Waals surface area contributed by atoms with E-state index in [0.29, 0.717) is 17.8 Å². The van der Waals surface area contributed by atoms with E-state index in [2.05, 4.69) is 16.8 Å². The van der Waals surface area contributed by atoms with Crippen LogP contribution in [-0.2, 0) is 0 Å². The molecule has 3 rings (SSSR count). The molecule has 1 aromatic carbocycles. The molecule has 156 valence electrons. The minimum atomic E-state index is -4.48. The number of nitrogens with one attached hydrogen (secondary N) is 1. The van der Waals surface area contributed by atoms with Crippen LogP contribution in [0.15, 0.2) is 58.1 Å². The summed E-state index contributed by atoms with van der Waals surface area (Å²) in [6.45, 7) is 2.40. The van der Waals surface area contributed by atoms with Gasteiger partial charge < -0.3 is 5.32 Å². The second-order valence-corrected chi connectivity index (χ2v) is 7.10. The van der Waals surface area contributed by atoms with Gasteiger partial charge in [-0.15, -0.1) is 11.3 Å². The summed E-state index contributed by atoms with van der Waals surface area (Å²) in [4.78, 5) is 15.8. The van der Waals surface area contributed by atoms with E-state index in [0.717, 1.165) is 22.5 Å². The van der Waals surface area contributed by atoms with Gasteiger partial charge in [0.25, 0.3) is 5.91 Å². The lowest BCUT2D eigenvalue weighted by molar-refractivity contribution is -0.123. The molecule has 0 saturated carbocycles. The number of allylic oxidation sites excluding steroid dienone is 1. The lowest BCUT2D eigenvalue weighted by atomic mass is 10.1. The molecule has 0 aliphatic carbocycles. The largest absolute Gasteiger partial charge is 0.405 e. The molecular weight excluding hydrogens is 420 g/mol. The van der Waals surface area contributed by atoms with Crippen LogP contribution in [-0.4, -0.2) is 43.1 Å². The zero-order valence-electron chi connectivity index (χ0n) is 15.5. The third-order valence-corrected chi connectivity index (χ3v) is 4.99. The van der Waals surface area contributed by atoms with Crippen molar-refractivity contribution >= 4 is 41.4 Å². The number of nitrogens with zero attached hydrogens (tertiary/aromatic N) is 3. The molecule has 0 bridgehead atoms. The Morgan fingerprint density at radius 1 is 1.33 bits per heavy atom. The van der Waals surface area contributed by atoms with Crippen molar-refractivity contribution in [3.8, 4) is 0 Å². The Kier molecular flexibility index (Phi) is 6.46. The first-order chi connectivity index (χ1) is 14.3. The van der Waals surface area contributed by atoms with Gasteiger partial charge >= 0.3 is 6.18 Å². The maximum atomic E-state index is 13.1. The van der Waals surface area contributed by atoms with E-state index in [1.165, 1.54) is 24.4 Å². The van der Waals surface area contributed by atoms with Crippen LogP contribution in [0.3, 0.4) is 0 Å². The van der Waals surface area contributed by atoms with E-state index >= 15 is 0 Å². The summed E-state index contributed by atoms with van der Waals surface area (Å²) >= 11 is 1.01. The van der Waals surface area contributed by atoms with Crippen LogP contribution in [0.5, 0.6) is 0 Å². The number of carbonyl (C=O) groups is 1. The van der Waals surface area contributed by atoms with Crippen molar-refractivity contribution in [2.24, 2.45) is 10.1 Å². The molecule has 2 heterocycles. The zero-order valence-corrected chi connectivity index (χ0v) is 16.3. The molecule has 10 heteroatoms. The van der Waals surface area contributed by atoms with Crippen LogP contribution in [0.4, 0.5) is 17.6 Å². The second-order valence-electron chi connectivity index (χ2n) is 6.19. The van der Waals surface area contributed by atoms with Crippen LogP contribution in [0, 0.1) is 5.82 Å². The molecule has 2 aromatic rings. The van der Waals surface area contributed by atoms with Gasteiger partial charge in [0.2, 0.25) is 0 Å². The summed E-state index contributed by atoms with van der Waals surface area (Å²) in [5, 5.41) is 9.46. The van der Waals surface area contributed by atoms with E-state index in [1.54, 1.807) is 28.7 Å². The van der Waals surface area contributed by atoms with Crippen LogP contribution in [0.25, 0.3) is 11.3 Å². The summed E-state index contributed by atoms with van der Waals surface area (Å²) in [5.74, 6) is -1.14. The standard InChI is InChI=1S/C20H16F4N4OS/c1-25-10-17(15-8-18(30-11-15)19(29)26-12-20(22,23)24)28-7-6-14(9-27-28)13-2-4-16(21)5-3-13/h2-6,8-11H,1,7,12H2,(H,26,29)/b17-10-. The highest BCUT2D eigenvalue weighted by Crippen LogP contribution is 2.28. The third kappa shape index (κ3) is 5.41. The highest BCUT2D eigenvalue weighted by atomic mass is 32.1. The fraction of sp³-hybridized carbons (Fsp3) is 0.150. The first kappa shape index (κ1) is 21.4. The number of aliphatic imine (C=N–C) groups is 1. The average Bonchev–Trinajstić information content (AvgIpc) is 3.20. The Bertz CT molecular complexity index is 1020. The summed E-state index contributed by atoms with van der Waals surface area (Å²) in [5.41, 5.74) is 2.73. The second kappa shape index (κ2) is 9.04. The fourth-order valence-electron chi connectivity index (χ4n) is 2.65. The molecule has 0 spiro atoms. The van der Waals surface area contributed by atoms with Crippen LogP contribution in [0.1, 0.15) is 20.8 Å². The fourth-order valence-corrected chi connectivity index (χ4v) is 3.46.